The fourth-order valence-electron chi connectivity index (χ4n) is 3.63. The van der Waals surface area contributed by atoms with E-state index in [0.29, 0.717) is 23.4 Å². The van der Waals surface area contributed by atoms with Crippen molar-refractivity contribution in [3.8, 4) is 0 Å². The largest absolute Gasteiger partial charge is 0.330 e. The Kier molecular flexibility index (Phi) is 4.58. The van der Waals surface area contributed by atoms with Crippen LogP contribution in [0.1, 0.15) is 71.7 Å². The second-order valence-corrected chi connectivity index (χ2v) is 7.69. The molecule has 20 heavy (non-hydrogen) atoms. The predicted octanol–water partition coefficient (Wildman–Crippen LogP) is 3.98. The topological polar surface area (TPSA) is 29.9 Å². The second-order valence-electron chi connectivity index (χ2n) is 7.69. The Morgan fingerprint density at radius 3 is 2.55 bits per heavy atom. The number of imidazole rings is 1. The molecule has 1 fully saturated rings. The van der Waals surface area contributed by atoms with Gasteiger partial charge in [-0.25, -0.2) is 4.98 Å². The maximum Gasteiger partial charge on any atom is 0.111 e. The van der Waals surface area contributed by atoms with Crippen LogP contribution in [-0.2, 0) is 0 Å². The van der Waals surface area contributed by atoms with Crippen LogP contribution in [0.3, 0.4) is 0 Å². The molecule has 3 atom stereocenters. The molecule has 3 heteroatoms. The molecule has 0 bridgehead atoms. The zero-order valence-corrected chi connectivity index (χ0v) is 14.0. The Bertz CT molecular complexity index is 428. The number of nitrogens with one attached hydrogen (secondary N) is 1. The molecule has 1 aliphatic carbocycles. The van der Waals surface area contributed by atoms with Crippen molar-refractivity contribution in [3.63, 3.8) is 0 Å². The van der Waals surface area contributed by atoms with E-state index < -0.39 is 0 Å². The minimum Gasteiger partial charge on any atom is -0.330 e. The molecule has 1 N–H and O–H groups in total. The molecule has 2 rings (SSSR count). The number of hydrogen-bond acceptors (Lipinski definition) is 2. The summed E-state index contributed by atoms with van der Waals surface area (Å²) in [5.41, 5.74) is 0.398. The Morgan fingerprint density at radius 2 is 2.00 bits per heavy atom. The first-order valence-electron chi connectivity index (χ1n) is 8.04. The maximum absolute atomic E-state index is 4.58. The van der Waals surface area contributed by atoms with Crippen LogP contribution in [0, 0.1) is 11.3 Å². The van der Waals surface area contributed by atoms with E-state index in [2.05, 4.69) is 62.7 Å². The fraction of sp³-hybridized carbons (Fsp3) is 0.824. The first-order chi connectivity index (χ1) is 9.34. The standard InChI is InChI=1S/C17H31N3/c1-12(2)16-19-9-10-20(16)15-11-13(17(3,4)5)7-8-14(15)18-6/h9-10,12-15,18H,7-8,11H2,1-6H3. The molecule has 0 spiro atoms. The van der Waals surface area contributed by atoms with Crippen molar-refractivity contribution in [3.05, 3.63) is 18.2 Å². The molecule has 1 aromatic heterocycles. The minimum absolute atomic E-state index is 0.398. The van der Waals surface area contributed by atoms with Crippen molar-refractivity contribution in [2.45, 2.75) is 71.9 Å². The van der Waals surface area contributed by atoms with Crippen LogP contribution in [0.15, 0.2) is 12.4 Å². The van der Waals surface area contributed by atoms with Gasteiger partial charge in [-0.2, -0.15) is 0 Å². The number of hydrogen-bond donors (Lipinski definition) is 1. The lowest BCUT2D eigenvalue weighted by Gasteiger charge is -2.42. The third-order valence-electron chi connectivity index (χ3n) is 4.98. The van der Waals surface area contributed by atoms with Crippen molar-refractivity contribution < 1.29 is 0 Å². The molecule has 3 unspecified atom stereocenters. The Balaban J connectivity index is 2.27. The first-order valence-corrected chi connectivity index (χ1v) is 8.04. The van der Waals surface area contributed by atoms with E-state index in [1.807, 2.05) is 6.20 Å². The fourth-order valence-corrected chi connectivity index (χ4v) is 3.63. The van der Waals surface area contributed by atoms with Gasteiger partial charge < -0.3 is 9.88 Å². The van der Waals surface area contributed by atoms with Crippen LogP contribution < -0.4 is 5.32 Å². The lowest BCUT2D eigenvalue weighted by Crippen LogP contribution is -2.42. The Labute approximate surface area is 124 Å². The van der Waals surface area contributed by atoms with E-state index in [9.17, 15) is 0 Å². The van der Waals surface area contributed by atoms with Crippen molar-refractivity contribution in [2.75, 3.05) is 7.05 Å². The van der Waals surface area contributed by atoms with Gasteiger partial charge in [-0.15, -0.1) is 0 Å². The summed E-state index contributed by atoms with van der Waals surface area (Å²) in [6.45, 7) is 11.6. The zero-order chi connectivity index (χ0) is 14.9. The molecule has 1 aromatic rings. The van der Waals surface area contributed by atoms with Gasteiger partial charge in [0.15, 0.2) is 0 Å². The van der Waals surface area contributed by atoms with Gasteiger partial charge >= 0.3 is 0 Å². The first kappa shape index (κ1) is 15.6. The molecule has 0 aromatic carbocycles. The monoisotopic (exact) mass is 277 g/mol. The average Bonchev–Trinajstić information content (AvgIpc) is 2.86. The quantitative estimate of drug-likeness (QED) is 0.905. The van der Waals surface area contributed by atoms with Gasteiger partial charge in [0, 0.05) is 24.4 Å². The summed E-state index contributed by atoms with van der Waals surface area (Å²) in [5.74, 6) is 2.50. The van der Waals surface area contributed by atoms with E-state index >= 15 is 0 Å². The van der Waals surface area contributed by atoms with Crippen molar-refractivity contribution >= 4 is 0 Å². The number of nitrogens with zero attached hydrogens (tertiary/aromatic N) is 2. The smallest absolute Gasteiger partial charge is 0.111 e. The van der Waals surface area contributed by atoms with Gasteiger partial charge in [0.2, 0.25) is 0 Å². The molecule has 1 aliphatic rings. The molecule has 0 radical (unpaired) electrons. The zero-order valence-electron chi connectivity index (χ0n) is 14.0. The van der Waals surface area contributed by atoms with Crippen LogP contribution in [-0.4, -0.2) is 22.6 Å². The third kappa shape index (κ3) is 3.08. The van der Waals surface area contributed by atoms with E-state index in [-0.39, 0.29) is 0 Å². The SMILES string of the molecule is CNC1CCC(C(C)(C)C)CC1n1ccnc1C(C)C. The third-order valence-corrected chi connectivity index (χ3v) is 4.98. The van der Waals surface area contributed by atoms with Crippen LogP contribution in [0.4, 0.5) is 0 Å². The molecule has 0 aliphatic heterocycles. The highest BCUT2D eigenvalue weighted by Crippen LogP contribution is 2.42. The van der Waals surface area contributed by atoms with E-state index in [0.717, 1.165) is 5.92 Å². The van der Waals surface area contributed by atoms with Crippen molar-refractivity contribution in [1.82, 2.24) is 14.9 Å². The Hall–Kier alpha value is -0.830. The van der Waals surface area contributed by atoms with Crippen LogP contribution in [0.5, 0.6) is 0 Å². The highest BCUT2D eigenvalue weighted by atomic mass is 15.1. The van der Waals surface area contributed by atoms with Crippen LogP contribution in [0.2, 0.25) is 0 Å². The van der Waals surface area contributed by atoms with E-state index in [4.69, 9.17) is 0 Å². The van der Waals surface area contributed by atoms with Gasteiger partial charge in [0.1, 0.15) is 5.82 Å². The van der Waals surface area contributed by atoms with E-state index in [1.54, 1.807) is 0 Å². The van der Waals surface area contributed by atoms with Gasteiger partial charge in [-0.05, 0) is 37.6 Å². The van der Waals surface area contributed by atoms with Crippen molar-refractivity contribution in [1.29, 1.82) is 0 Å². The summed E-state index contributed by atoms with van der Waals surface area (Å²) in [7, 11) is 2.10. The molecular weight excluding hydrogens is 246 g/mol. The summed E-state index contributed by atoms with van der Waals surface area (Å²) >= 11 is 0. The normalized spacial score (nSPS) is 28.1. The second kappa shape index (κ2) is 5.88. The molecule has 0 amide bonds. The van der Waals surface area contributed by atoms with Gasteiger partial charge in [0.25, 0.3) is 0 Å². The van der Waals surface area contributed by atoms with Crippen molar-refractivity contribution in [2.24, 2.45) is 11.3 Å². The number of aromatic nitrogens is 2. The summed E-state index contributed by atoms with van der Waals surface area (Å²) in [6, 6.07) is 1.11. The maximum atomic E-state index is 4.58. The van der Waals surface area contributed by atoms with Crippen LogP contribution in [0.25, 0.3) is 0 Å². The summed E-state index contributed by atoms with van der Waals surface area (Å²) in [4.78, 5) is 4.58. The number of likely N-dealkylation sites (N-methyl/N-ethyl adjacent to an activating group) is 1. The molecular formula is C17H31N3. The highest BCUT2D eigenvalue weighted by Gasteiger charge is 2.36. The lowest BCUT2D eigenvalue weighted by atomic mass is 9.69. The van der Waals surface area contributed by atoms with Gasteiger partial charge in [-0.1, -0.05) is 34.6 Å². The minimum atomic E-state index is 0.398. The van der Waals surface area contributed by atoms with Gasteiger partial charge in [0.05, 0.1) is 6.04 Å². The molecule has 114 valence electrons. The lowest BCUT2D eigenvalue weighted by molar-refractivity contribution is 0.119. The number of rotatable bonds is 3. The summed E-state index contributed by atoms with van der Waals surface area (Å²) in [6.07, 6.45) is 7.99. The predicted molar refractivity (Wildman–Crippen MR) is 85.0 cm³/mol. The molecule has 1 heterocycles. The molecule has 3 nitrogen and oxygen atoms in total. The highest BCUT2D eigenvalue weighted by molar-refractivity contribution is 5.04. The average molecular weight is 277 g/mol. The van der Waals surface area contributed by atoms with Crippen LogP contribution >= 0.6 is 0 Å². The summed E-state index contributed by atoms with van der Waals surface area (Å²) in [5, 5.41) is 3.53. The molecule has 1 saturated carbocycles. The molecule has 0 saturated heterocycles. The summed E-state index contributed by atoms with van der Waals surface area (Å²) < 4.78 is 2.43. The Morgan fingerprint density at radius 1 is 1.30 bits per heavy atom. The van der Waals surface area contributed by atoms with E-state index in [1.165, 1.54) is 25.1 Å². The van der Waals surface area contributed by atoms with Gasteiger partial charge in [-0.3, -0.25) is 0 Å².